The minimum absolute atomic E-state index is 0.0363. The molecule has 1 unspecified atom stereocenters. The minimum Gasteiger partial charge on any atom is -0.503 e. The summed E-state index contributed by atoms with van der Waals surface area (Å²) < 4.78 is 18.7. The van der Waals surface area contributed by atoms with Crippen LogP contribution in [0.15, 0.2) is 36.4 Å². The van der Waals surface area contributed by atoms with Crippen molar-refractivity contribution in [3.8, 4) is 11.5 Å². The van der Waals surface area contributed by atoms with Crippen LogP contribution >= 0.6 is 11.6 Å². The van der Waals surface area contributed by atoms with Crippen LogP contribution in [0.3, 0.4) is 0 Å². The fraction of sp³-hybridized carbons (Fsp3) is 0.294. The summed E-state index contributed by atoms with van der Waals surface area (Å²) >= 11 is 6.03. The molecule has 0 aliphatic heterocycles. The van der Waals surface area contributed by atoms with Crippen molar-refractivity contribution < 1.29 is 14.2 Å². The Kier molecular flexibility index (Phi) is 5.63. The fourth-order valence-corrected chi connectivity index (χ4v) is 2.63. The van der Waals surface area contributed by atoms with Gasteiger partial charge in [0.1, 0.15) is 5.82 Å². The maximum Gasteiger partial charge on any atom is 0.176 e. The summed E-state index contributed by atoms with van der Waals surface area (Å²) in [4.78, 5) is 0. The van der Waals surface area contributed by atoms with Gasteiger partial charge in [-0.3, -0.25) is 0 Å². The number of aromatic hydroxyl groups is 1. The van der Waals surface area contributed by atoms with Gasteiger partial charge in [-0.1, -0.05) is 23.7 Å². The molecule has 0 spiro atoms. The van der Waals surface area contributed by atoms with E-state index in [1.54, 1.807) is 18.2 Å². The predicted octanol–water partition coefficient (Wildman–Crippen LogP) is 3.87. The van der Waals surface area contributed by atoms with Gasteiger partial charge in [-0.2, -0.15) is 0 Å². The first-order valence-electron chi connectivity index (χ1n) is 7.14. The number of phenols is 1. The third-order valence-corrected chi connectivity index (χ3v) is 3.76. The summed E-state index contributed by atoms with van der Waals surface area (Å²) in [5, 5.41) is 10.1. The van der Waals surface area contributed by atoms with E-state index in [1.165, 1.54) is 12.1 Å². The van der Waals surface area contributed by atoms with E-state index >= 15 is 0 Å². The highest BCUT2D eigenvalue weighted by molar-refractivity contribution is 6.32. The van der Waals surface area contributed by atoms with Gasteiger partial charge in [0.05, 0.1) is 11.6 Å². The van der Waals surface area contributed by atoms with Crippen LogP contribution in [-0.4, -0.2) is 18.3 Å². The van der Waals surface area contributed by atoms with E-state index in [1.807, 2.05) is 13.0 Å². The Morgan fingerprint density at radius 1 is 1.32 bits per heavy atom. The molecular formula is C17H19ClFNO2. The Bertz CT molecular complexity index is 649. The molecule has 0 heterocycles. The van der Waals surface area contributed by atoms with E-state index < -0.39 is 0 Å². The Morgan fingerprint density at radius 3 is 2.73 bits per heavy atom. The molecule has 0 fully saturated rings. The second kappa shape index (κ2) is 7.47. The van der Waals surface area contributed by atoms with Crippen molar-refractivity contribution in [1.82, 2.24) is 0 Å². The van der Waals surface area contributed by atoms with Crippen LogP contribution < -0.4 is 10.5 Å². The van der Waals surface area contributed by atoms with Crippen LogP contribution in [-0.2, 0) is 6.42 Å². The summed E-state index contributed by atoms with van der Waals surface area (Å²) in [5.74, 6) is -0.0391. The van der Waals surface area contributed by atoms with Gasteiger partial charge in [0.15, 0.2) is 11.5 Å². The van der Waals surface area contributed by atoms with Crippen molar-refractivity contribution in [1.29, 1.82) is 0 Å². The van der Waals surface area contributed by atoms with E-state index in [-0.39, 0.29) is 22.5 Å². The van der Waals surface area contributed by atoms with Gasteiger partial charge in [-0.25, -0.2) is 4.39 Å². The molecule has 3 nitrogen and oxygen atoms in total. The number of ether oxygens (including phenoxy) is 1. The highest BCUT2D eigenvalue weighted by Crippen LogP contribution is 2.36. The zero-order chi connectivity index (χ0) is 16.1. The molecule has 0 saturated heterocycles. The van der Waals surface area contributed by atoms with E-state index in [4.69, 9.17) is 22.1 Å². The molecule has 0 aliphatic rings. The summed E-state index contributed by atoms with van der Waals surface area (Å²) in [6.45, 7) is 2.64. The van der Waals surface area contributed by atoms with E-state index in [0.717, 1.165) is 11.1 Å². The molecule has 0 aromatic heterocycles. The zero-order valence-electron chi connectivity index (χ0n) is 12.4. The van der Waals surface area contributed by atoms with E-state index in [0.29, 0.717) is 25.3 Å². The number of halogens is 2. The highest BCUT2D eigenvalue weighted by Gasteiger charge is 2.15. The van der Waals surface area contributed by atoms with Crippen LogP contribution in [0.2, 0.25) is 5.02 Å². The lowest BCUT2D eigenvalue weighted by molar-refractivity contribution is 0.318. The maximum atomic E-state index is 13.4. The summed E-state index contributed by atoms with van der Waals surface area (Å²) in [5.41, 5.74) is 7.55. The van der Waals surface area contributed by atoms with Gasteiger partial charge in [-0.15, -0.1) is 0 Å². The number of benzene rings is 2. The second-order valence-corrected chi connectivity index (χ2v) is 5.46. The molecule has 2 aromatic carbocycles. The monoisotopic (exact) mass is 323 g/mol. The molecular weight excluding hydrogens is 305 g/mol. The van der Waals surface area contributed by atoms with Crippen molar-refractivity contribution in [2.24, 2.45) is 5.73 Å². The molecule has 0 amide bonds. The molecule has 0 saturated carbocycles. The lowest BCUT2D eigenvalue weighted by Crippen LogP contribution is -2.15. The molecule has 22 heavy (non-hydrogen) atoms. The van der Waals surface area contributed by atoms with Crippen molar-refractivity contribution in [3.05, 3.63) is 58.4 Å². The number of phenolic OH excluding ortho intramolecular Hbond substituents is 1. The third kappa shape index (κ3) is 3.90. The maximum absolute atomic E-state index is 13.4. The number of rotatable bonds is 6. The number of nitrogens with two attached hydrogens (primary N) is 1. The Hall–Kier alpha value is -1.78. The Morgan fingerprint density at radius 2 is 2.09 bits per heavy atom. The van der Waals surface area contributed by atoms with Gasteiger partial charge in [-0.05, 0) is 55.3 Å². The van der Waals surface area contributed by atoms with Gasteiger partial charge < -0.3 is 15.6 Å². The van der Waals surface area contributed by atoms with Crippen LogP contribution in [0.1, 0.15) is 24.0 Å². The molecule has 118 valence electrons. The number of hydrogen-bond acceptors (Lipinski definition) is 3. The molecule has 1 atom stereocenters. The molecule has 2 aromatic rings. The van der Waals surface area contributed by atoms with Crippen LogP contribution in [0.5, 0.6) is 11.5 Å². The SMILES string of the molecule is CCOc1cc(CC(CN)c2cccc(F)c2)cc(Cl)c1O. The standard InChI is InChI=1S/C17H19ClFNO2/c1-2-22-16-8-11(7-15(18)17(16)21)6-13(10-20)12-4-3-5-14(19)9-12/h3-5,7-9,13,21H,2,6,10,20H2,1H3. The fourth-order valence-electron chi connectivity index (χ4n) is 2.39. The Labute approximate surface area is 134 Å². The first-order chi connectivity index (χ1) is 10.5. The average molecular weight is 324 g/mol. The normalized spacial score (nSPS) is 12.2. The quantitative estimate of drug-likeness (QED) is 0.848. The largest absolute Gasteiger partial charge is 0.503 e. The van der Waals surface area contributed by atoms with E-state index in [2.05, 4.69) is 0 Å². The van der Waals surface area contributed by atoms with Gasteiger partial charge in [0, 0.05) is 5.92 Å². The topological polar surface area (TPSA) is 55.5 Å². The van der Waals surface area contributed by atoms with Crippen molar-refractivity contribution in [3.63, 3.8) is 0 Å². The molecule has 0 aliphatic carbocycles. The summed E-state index contributed by atoms with van der Waals surface area (Å²) in [7, 11) is 0. The molecule has 2 rings (SSSR count). The third-order valence-electron chi connectivity index (χ3n) is 3.47. The van der Waals surface area contributed by atoms with Crippen molar-refractivity contribution in [2.45, 2.75) is 19.3 Å². The van der Waals surface area contributed by atoms with Gasteiger partial charge in [0.2, 0.25) is 0 Å². The van der Waals surface area contributed by atoms with Crippen LogP contribution in [0, 0.1) is 5.82 Å². The lowest BCUT2D eigenvalue weighted by atomic mass is 9.92. The Balaban J connectivity index is 2.28. The lowest BCUT2D eigenvalue weighted by Gasteiger charge is -2.17. The first-order valence-corrected chi connectivity index (χ1v) is 7.52. The zero-order valence-corrected chi connectivity index (χ0v) is 13.1. The number of hydrogen-bond donors (Lipinski definition) is 2. The highest BCUT2D eigenvalue weighted by atomic mass is 35.5. The molecule has 3 N–H and O–H groups in total. The minimum atomic E-state index is -0.283. The average Bonchev–Trinajstić information content (AvgIpc) is 2.50. The predicted molar refractivity (Wildman–Crippen MR) is 86.2 cm³/mol. The van der Waals surface area contributed by atoms with Gasteiger partial charge >= 0.3 is 0 Å². The van der Waals surface area contributed by atoms with Crippen LogP contribution in [0.25, 0.3) is 0 Å². The first kappa shape index (κ1) is 16.6. The summed E-state index contributed by atoms with van der Waals surface area (Å²) in [6, 6.07) is 9.84. The van der Waals surface area contributed by atoms with Crippen LogP contribution in [0.4, 0.5) is 4.39 Å². The van der Waals surface area contributed by atoms with Gasteiger partial charge in [0.25, 0.3) is 0 Å². The smallest absolute Gasteiger partial charge is 0.176 e. The van der Waals surface area contributed by atoms with E-state index in [9.17, 15) is 9.50 Å². The summed E-state index contributed by atoms with van der Waals surface area (Å²) in [6.07, 6.45) is 0.583. The molecule has 5 heteroatoms. The molecule has 0 bridgehead atoms. The second-order valence-electron chi connectivity index (χ2n) is 5.05. The molecule has 0 radical (unpaired) electrons. The van der Waals surface area contributed by atoms with Crippen molar-refractivity contribution in [2.75, 3.05) is 13.2 Å². The van der Waals surface area contributed by atoms with Crippen molar-refractivity contribution >= 4 is 11.6 Å².